The van der Waals surface area contributed by atoms with Crippen LogP contribution >= 0.6 is 0 Å². The highest BCUT2D eigenvalue weighted by Gasteiger charge is 2.43. The molecular formula is C12H25NO6. The maximum atomic E-state index is 9.86. The minimum absolute atomic E-state index is 0.0213. The van der Waals surface area contributed by atoms with Gasteiger partial charge in [-0.2, -0.15) is 0 Å². The van der Waals surface area contributed by atoms with Crippen LogP contribution in [0.5, 0.6) is 0 Å². The third-order valence-corrected chi connectivity index (χ3v) is 3.40. The summed E-state index contributed by atoms with van der Waals surface area (Å²) in [5.74, 6) is 0. The molecule has 7 heteroatoms. The molecule has 0 spiro atoms. The Labute approximate surface area is 112 Å². The van der Waals surface area contributed by atoms with Crippen LogP contribution in [-0.4, -0.2) is 81.9 Å². The molecule has 19 heavy (non-hydrogen) atoms. The molecule has 1 aliphatic heterocycles. The van der Waals surface area contributed by atoms with Gasteiger partial charge in [-0.15, -0.1) is 0 Å². The van der Waals surface area contributed by atoms with Crippen LogP contribution in [0.25, 0.3) is 0 Å². The van der Waals surface area contributed by atoms with Gasteiger partial charge in [0.1, 0.15) is 24.4 Å². The van der Waals surface area contributed by atoms with Crippen LogP contribution < -0.4 is 5.32 Å². The van der Waals surface area contributed by atoms with E-state index in [0.29, 0.717) is 19.4 Å². The summed E-state index contributed by atoms with van der Waals surface area (Å²) in [5, 5.41) is 50.1. The highest BCUT2D eigenvalue weighted by atomic mass is 16.5. The smallest absolute Gasteiger partial charge is 0.111 e. The van der Waals surface area contributed by atoms with E-state index >= 15 is 0 Å². The van der Waals surface area contributed by atoms with Gasteiger partial charge in [-0.3, -0.25) is 0 Å². The fourth-order valence-electron chi connectivity index (χ4n) is 2.23. The van der Waals surface area contributed by atoms with E-state index in [1.54, 1.807) is 0 Å². The van der Waals surface area contributed by atoms with Crippen molar-refractivity contribution in [2.45, 2.75) is 56.3 Å². The summed E-state index contributed by atoms with van der Waals surface area (Å²) in [4.78, 5) is 0. The van der Waals surface area contributed by atoms with Crippen molar-refractivity contribution in [1.29, 1.82) is 0 Å². The monoisotopic (exact) mass is 279 g/mol. The van der Waals surface area contributed by atoms with Crippen molar-refractivity contribution < 1.29 is 30.3 Å². The number of hydrogen-bond acceptors (Lipinski definition) is 7. The Balaban J connectivity index is 2.47. The second-order valence-corrected chi connectivity index (χ2v) is 5.04. The van der Waals surface area contributed by atoms with Crippen molar-refractivity contribution in [3.63, 3.8) is 0 Å². The molecule has 0 aromatic rings. The van der Waals surface area contributed by atoms with Gasteiger partial charge >= 0.3 is 0 Å². The van der Waals surface area contributed by atoms with E-state index in [0.717, 1.165) is 0 Å². The Hall–Kier alpha value is -0.280. The van der Waals surface area contributed by atoms with Crippen molar-refractivity contribution in [2.24, 2.45) is 0 Å². The SMILES string of the molecule is CC(C[C@@H]1O[C@H](CO)[C@H](O)[C@H](O)[C@H]1O)NCCCO. The molecule has 1 saturated heterocycles. The van der Waals surface area contributed by atoms with Gasteiger partial charge in [-0.05, 0) is 26.3 Å². The zero-order chi connectivity index (χ0) is 14.4. The van der Waals surface area contributed by atoms with Gasteiger partial charge in [-0.25, -0.2) is 0 Å². The molecular weight excluding hydrogens is 254 g/mol. The van der Waals surface area contributed by atoms with E-state index in [4.69, 9.17) is 14.9 Å². The lowest BCUT2D eigenvalue weighted by Crippen LogP contribution is -2.59. The number of aliphatic hydroxyl groups excluding tert-OH is 5. The fraction of sp³-hybridized carbons (Fsp3) is 1.00. The molecule has 0 aromatic carbocycles. The standard InChI is InChI=1S/C12H25NO6/c1-7(13-3-2-4-14)5-8-10(16)12(18)11(17)9(6-15)19-8/h7-18H,2-6H2,1H3/t7?,8-,9+,10-,11-,12+/m0/s1. The van der Waals surface area contributed by atoms with E-state index in [1.165, 1.54) is 0 Å². The highest BCUT2D eigenvalue weighted by molar-refractivity contribution is 4.92. The molecule has 6 N–H and O–H groups in total. The second kappa shape index (κ2) is 8.11. The molecule has 1 heterocycles. The molecule has 1 unspecified atom stereocenters. The summed E-state index contributed by atoms with van der Waals surface area (Å²) in [7, 11) is 0. The number of nitrogens with one attached hydrogen (secondary N) is 1. The molecule has 0 saturated carbocycles. The van der Waals surface area contributed by atoms with Gasteiger partial charge in [0, 0.05) is 12.6 Å². The van der Waals surface area contributed by atoms with Gasteiger partial charge in [0.05, 0.1) is 12.7 Å². The van der Waals surface area contributed by atoms with Crippen molar-refractivity contribution in [2.75, 3.05) is 19.8 Å². The number of aliphatic hydroxyl groups is 5. The van der Waals surface area contributed by atoms with Gasteiger partial charge in [0.25, 0.3) is 0 Å². The normalized spacial score (nSPS) is 37.3. The molecule has 0 aromatic heterocycles. The average Bonchev–Trinajstić information content (AvgIpc) is 2.39. The summed E-state index contributed by atoms with van der Waals surface area (Å²) >= 11 is 0. The molecule has 0 aliphatic carbocycles. The van der Waals surface area contributed by atoms with Crippen LogP contribution in [0.15, 0.2) is 0 Å². The summed E-state index contributed by atoms with van der Waals surface area (Å²) in [6.45, 7) is 2.25. The lowest BCUT2D eigenvalue weighted by molar-refractivity contribution is -0.231. The van der Waals surface area contributed by atoms with Crippen LogP contribution in [0.3, 0.4) is 0 Å². The average molecular weight is 279 g/mol. The summed E-state index contributed by atoms with van der Waals surface area (Å²) in [5.41, 5.74) is 0. The molecule has 6 atom stereocenters. The Morgan fingerprint density at radius 3 is 2.26 bits per heavy atom. The minimum Gasteiger partial charge on any atom is -0.396 e. The molecule has 114 valence electrons. The van der Waals surface area contributed by atoms with E-state index in [1.807, 2.05) is 6.92 Å². The summed E-state index contributed by atoms with van der Waals surface area (Å²) in [6.07, 6.45) is -4.24. The van der Waals surface area contributed by atoms with E-state index in [2.05, 4.69) is 5.32 Å². The van der Waals surface area contributed by atoms with Crippen LogP contribution in [0.2, 0.25) is 0 Å². The van der Waals surface area contributed by atoms with Crippen molar-refractivity contribution >= 4 is 0 Å². The predicted molar refractivity (Wildman–Crippen MR) is 67.6 cm³/mol. The molecule has 1 aliphatic rings. The highest BCUT2D eigenvalue weighted by Crippen LogP contribution is 2.23. The minimum atomic E-state index is -1.32. The molecule has 7 nitrogen and oxygen atoms in total. The Kier molecular flexibility index (Phi) is 7.16. The topological polar surface area (TPSA) is 122 Å². The maximum absolute atomic E-state index is 9.86. The molecule has 0 bridgehead atoms. The molecule has 0 radical (unpaired) electrons. The Morgan fingerprint density at radius 1 is 1.05 bits per heavy atom. The third-order valence-electron chi connectivity index (χ3n) is 3.40. The van der Waals surface area contributed by atoms with Gasteiger partial charge in [0.2, 0.25) is 0 Å². The first-order valence-corrected chi connectivity index (χ1v) is 6.66. The first-order chi connectivity index (χ1) is 9.01. The number of hydrogen-bond donors (Lipinski definition) is 6. The van der Waals surface area contributed by atoms with Crippen molar-refractivity contribution in [1.82, 2.24) is 5.32 Å². The second-order valence-electron chi connectivity index (χ2n) is 5.04. The van der Waals surface area contributed by atoms with Crippen LogP contribution in [0.1, 0.15) is 19.8 Å². The summed E-state index contributed by atoms with van der Waals surface area (Å²) < 4.78 is 5.41. The first-order valence-electron chi connectivity index (χ1n) is 6.66. The number of rotatable bonds is 7. The fourth-order valence-corrected chi connectivity index (χ4v) is 2.23. The van der Waals surface area contributed by atoms with Crippen LogP contribution in [-0.2, 0) is 4.74 Å². The lowest BCUT2D eigenvalue weighted by atomic mass is 9.92. The molecule has 1 fully saturated rings. The largest absolute Gasteiger partial charge is 0.396 e. The van der Waals surface area contributed by atoms with E-state index < -0.39 is 37.1 Å². The Bertz CT molecular complexity index is 252. The zero-order valence-electron chi connectivity index (χ0n) is 11.1. The van der Waals surface area contributed by atoms with Crippen molar-refractivity contribution in [3.05, 3.63) is 0 Å². The Morgan fingerprint density at radius 2 is 1.68 bits per heavy atom. The quantitative estimate of drug-likeness (QED) is 0.287. The van der Waals surface area contributed by atoms with E-state index in [-0.39, 0.29) is 12.6 Å². The molecule has 0 amide bonds. The predicted octanol–water partition coefficient (Wildman–Crippen LogP) is -2.42. The van der Waals surface area contributed by atoms with E-state index in [9.17, 15) is 15.3 Å². The van der Waals surface area contributed by atoms with Gasteiger partial charge < -0.3 is 35.6 Å². The van der Waals surface area contributed by atoms with Gasteiger partial charge in [-0.1, -0.05) is 0 Å². The summed E-state index contributed by atoms with van der Waals surface area (Å²) in [6, 6.07) is 0.0213. The maximum Gasteiger partial charge on any atom is 0.111 e. The molecule has 1 rings (SSSR count). The zero-order valence-corrected chi connectivity index (χ0v) is 11.1. The number of ether oxygens (including phenoxy) is 1. The first kappa shape index (κ1) is 16.8. The van der Waals surface area contributed by atoms with Crippen molar-refractivity contribution in [3.8, 4) is 0 Å². The van der Waals surface area contributed by atoms with Gasteiger partial charge in [0.15, 0.2) is 0 Å². The van der Waals surface area contributed by atoms with Crippen LogP contribution in [0, 0.1) is 0 Å². The van der Waals surface area contributed by atoms with Crippen LogP contribution in [0.4, 0.5) is 0 Å². The lowest BCUT2D eigenvalue weighted by Gasteiger charge is -2.41. The third kappa shape index (κ3) is 4.64.